The third-order valence-corrected chi connectivity index (χ3v) is 3.74. The first-order valence-corrected chi connectivity index (χ1v) is 8.09. The van der Waals surface area contributed by atoms with Gasteiger partial charge in [0.05, 0.1) is 0 Å². The Kier molecular flexibility index (Phi) is 5.31. The Morgan fingerprint density at radius 1 is 1.00 bits per heavy atom. The summed E-state index contributed by atoms with van der Waals surface area (Å²) in [5.41, 5.74) is 3.36. The van der Waals surface area contributed by atoms with Crippen molar-refractivity contribution >= 4 is 17.4 Å². The van der Waals surface area contributed by atoms with Crippen LogP contribution >= 0.6 is 0 Å². The van der Waals surface area contributed by atoms with Gasteiger partial charge in [-0.15, -0.1) is 0 Å². The van der Waals surface area contributed by atoms with Gasteiger partial charge in [-0.3, -0.25) is 9.78 Å². The molecular formula is C19H19N5O. The summed E-state index contributed by atoms with van der Waals surface area (Å²) in [6.45, 7) is 2.69. The van der Waals surface area contributed by atoms with Crippen molar-refractivity contribution in [1.82, 2.24) is 15.0 Å². The minimum atomic E-state index is -0.265. The lowest BCUT2D eigenvalue weighted by molar-refractivity contribution is 0.102. The van der Waals surface area contributed by atoms with E-state index in [0.29, 0.717) is 18.1 Å². The number of amides is 1. The normalized spacial score (nSPS) is 10.3. The molecule has 3 aromatic rings. The maximum Gasteiger partial charge on any atom is 0.274 e. The van der Waals surface area contributed by atoms with Gasteiger partial charge in [-0.1, -0.05) is 19.1 Å². The highest BCUT2D eigenvalue weighted by atomic mass is 16.1. The van der Waals surface area contributed by atoms with Crippen molar-refractivity contribution in [3.05, 3.63) is 78.0 Å². The topological polar surface area (TPSA) is 79.8 Å². The van der Waals surface area contributed by atoms with Crippen LogP contribution in [-0.2, 0) is 13.0 Å². The maximum atomic E-state index is 12.4. The minimum Gasteiger partial charge on any atom is -0.366 e. The smallest absolute Gasteiger partial charge is 0.274 e. The van der Waals surface area contributed by atoms with E-state index in [1.165, 1.54) is 11.9 Å². The molecule has 2 heterocycles. The quantitative estimate of drug-likeness (QED) is 0.723. The molecule has 0 unspecified atom stereocenters. The summed E-state index contributed by atoms with van der Waals surface area (Å²) in [5, 5.41) is 6.02. The molecule has 3 rings (SSSR count). The van der Waals surface area contributed by atoms with Crippen molar-refractivity contribution < 1.29 is 4.79 Å². The lowest BCUT2D eigenvalue weighted by atomic mass is 10.1. The highest BCUT2D eigenvalue weighted by Crippen LogP contribution is 2.12. The molecule has 0 saturated heterocycles. The van der Waals surface area contributed by atoms with Crippen molar-refractivity contribution in [3.63, 3.8) is 0 Å². The first kappa shape index (κ1) is 16.6. The van der Waals surface area contributed by atoms with Crippen LogP contribution in [0.2, 0.25) is 0 Å². The summed E-state index contributed by atoms with van der Waals surface area (Å²) in [6.07, 6.45) is 5.82. The average molecular weight is 333 g/mol. The first-order chi connectivity index (χ1) is 12.2. The van der Waals surface area contributed by atoms with Gasteiger partial charge in [0.25, 0.3) is 5.91 Å². The fourth-order valence-electron chi connectivity index (χ4n) is 2.29. The number of pyridine rings is 1. The second-order valence-corrected chi connectivity index (χ2v) is 5.50. The molecule has 1 amide bonds. The zero-order valence-electron chi connectivity index (χ0n) is 13.9. The molecule has 0 radical (unpaired) electrons. The van der Waals surface area contributed by atoms with Crippen LogP contribution in [-0.4, -0.2) is 20.9 Å². The zero-order valence-corrected chi connectivity index (χ0v) is 13.9. The molecule has 0 aliphatic rings. The van der Waals surface area contributed by atoms with E-state index in [2.05, 4.69) is 32.5 Å². The van der Waals surface area contributed by atoms with Gasteiger partial charge in [0.2, 0.25) is 0 Å². The summed E-state index contributed by atoms with van der Waals surface area (Å²) >= 11 is 0. The number of nitrogens with zero attached hydrogens (tertiary/aromatic N) is 3. The number of anilines is 2. The van der Waals surface area contributed by atoms with E-state index in [9.17, 15) is 4.79 Å². The van der Waals surface area contributed by atoms with Crippen LogP contribution < -0.4 is 10.6 Å². The summed E-state index contributed by atoms with van der Waals surface area (Å²) in [5.74, 6) is 0.330. The third kappa shape index (κ3) is 4.60. The molecule has 0 bridgehead atoms. The van der Waals surface area contributed by atoms with Gasteiger partial charge in [0.1, 0.15) is 17.8 Å². The molecule has 0 atom stereocenters. The van der Waals surface area contributed by atoms with Crippen molar-refractivity contribution in [2.45, 2.75) is 19.9 Å². The summed E-state index contributed by atoms with van der Waals surface area (Å²) in [4.78, 5) is 24.5. The van der Waals surface area contributed by atoms with E-state index >= 15 is 0 Å². The summed E-state index contributed by atoms with van der Waals surface area (Å²) in [6, 6.07) is 13.2. The van der Waals surface area contributed by atoms with Gasteiger partial charge in [-0.25, -0.2) is 9.97 Å². The van der Waals surface area contributed by atoms with Crippen LogP contribution in [0.3, 0.4) is 0 Å². The predicted octanol–water partition coefficient (Wildman–Crippen LogP) is 3.30. The molecule has 0 aliphatic carbocycles. The van der Waals surface area contributed by atoms with Gasteiger partial charge in [0.15, 0.2) is 0 Å². The van der Waals surface area contributed by atoms with Gasteiger partial charge >= 0.3 is 0 Å². The molecule has 25 heavy (non-hydrogen) atoms. The fourth-order valence-corrected chi connectivity index (χ4v) is 2.29. The number of aryl methyl sites for hydroxylation is 1. The molecule has 0 fully saturated rings. The Bertz CT molecular complexity index is 834. The molecule has 2 aromatic heterocycles. The van der Waals surface area contributed by atoms with E-state index < -0.39 is 0 Å². The number of carbonyl (C=O) groups excluding carboxylic acids is 1. The second-order valence-electron chi connectivity index (χ2n) is 5.50. The van der Waals surface area contributed by atoms with Gasteiger partial charge in [0, 0.05) is 30.7 Å². The molecular weight excluding hydrogens is 314 g/mol. The maximum absolute atomic E-state index is 12.4. The standard InChI is InChI=1S/C19H19N5O/c1-2-14-3-5-16(6-4-14)24-19(25)17-11-18(23-13-22-17)21-12-15-7-9-20-10-8-15/h3-11,13H,2,12H2,1H3,(H,24,25)(H,21,22,23). The highest BCUT2D eigenvalue weighted by molar-refractivity contribution is 6.03. The SMILES string of the molecule is CCc1ccc(NC(=O)c2cc(NCc3ccncc3)ncn2)cc1. The summed E-state index contributed by atoms with van der Waals surface area (Å²) < 4.78 is 0. The third-order valence-electron chi connectivity index (χ3n) is 3.74. The van der Waals surface area contributed by atoms with Crippen LogP contribution in [0.25, 0.3) is 0 Å². The van der Waals surface area contributed by atoms with Crippen LogP contribution in [0.5, 0.6) is 0 Å². The predicted molar refractivity (Wildman–Crippen MR) is 97.4 cm³/mol. The molecule has 6 heteroatoms. The number of benzene rings is 1. The molecule has 6 nitrogen and oxygen atoms in total. The van der Waals surface area contributed by atoms with Crippen LogP contribution in [0.1, 0.15) is 28.5 Å². The molecule has 0 aliphatic heterocycles. The fraction of sp³-hybridized carbons (Fsp3) is 0.158. The molecule has 2 N–H and O–H groups in total. The Hall–Kier alpha value is -3.28. The Morgan fingerprint density at radius 3 is 2.48 bits per heavy atom. The number of rotatable bonds is 6. The van der Waals surface area contributed by atoms with Gasteiger partial charge < -0.3 is 10.6 Å². The van der Waals surface area contributed by atoms with Crippen molar-refractivity contribution in [2.24, 2.45) is 0 Å². The number of carbonyl (C=O) groups is 1. The molecule has 1 aromatic carbocycles. The lowest BCUT2D eigenvalue weighted by Gasteiger charge is -2.08. The Morgan fingerprint density at radius 2 is 1.76 bits per heavy atom. The largest absolute Gasteiger partial charge is 0.366 e. The van der Waals surface area contributed by atoms with Gasteiger partial charge in [-0.05, 0) is 41.8 Å². The van der Waals surface area contributed by atoms with Crippen molar-refractivity contribution in [1.29, 1.82) is 0 Å². The Balaban J connectivity index is 1.64. The number of nitrogens with one attached hydrogen (secondary N) is 2. The Labute approximate surface area is 146 Å². The number of hydrogen-bond acceptors (Lipinski definition) is 5. The van der Waals surface area contributed by atoms with E-state index in [4.69, 9.17) is 0 Å². The van der Waals surface area contributed by atoms with Crippen molar-refractivity contribution in [3.8, 4) is 0 Å². The van der Waals surface area contributed by atoms with Crippen molar-refractivity contribution in [2.75, 3.05) is 10.6 Å². The molecule has 126 valence electrons. The molecule has 0 spiro atoms. The monoisotopic (exact) mass is 333 g/mol. The average Bonchev–Trinajstić information content (AvgIpc) is 2.68. The van der Waals surface area contributed by atoms with E-state index in [1.54, 1.807) is 18.5 Å². The van der Waals surface area contributed by atoms with Crippen LogP contribution in [0, 0.1) is 0 Å². The number of hydrogen-bond donors (Lipinski definition) is 2. The van der Waals surface area contributed by atoms with Gasteiger partial charge in [-0.2, -0.15) is 0 Å². The number of aromatic nitrogens is 3. The first-order valence-electron chi connectivity index (χ1n) is 8.09. The highest BCUT2D eigenvalue weighted by Gasteiger charge is 2.09. The van der Waals surface area contributed by atoms with E-state index in [0.717, 1.165) is 17.7 Å². The minimum absolute atomic E-state index is 0.265. The van der Waals surface area contributed by atoms with Crippen LogP contribution in [0.15, 0.2) is 61.2 Å². The zero-order chi connectivity index (χ0) is 17.5. The second kappa shape index (κ2) is 8.01. The van der Waals surface area contributed by atoms with Crippen LogP contribution in [0.4, 0.5) is 11.5 Å². The van der Waals surface area contributed by atoms with E-state index in [1.807, 2.05) is 36.4 Å². The summed E-state index contributed by atoms with van der Waals surface area (Å²) in [7, 11) is 0. The van der Waals surface area contributed by atoms with E-state index in [-0.39, 0.29) is 5.91 Å². The molecule has 0 saturated carbocycles. The lowest BCUT2D eigenvalue weighted by Crippen LogP contribution is -2.14.